The van der Waals surface area contributed by atoms with Gasteiger partial charge < -0.3 is 24.8 Å². The van der Waals surface area contributed by atoms with Crippen LogP contribution in [0.4, 0.5) is 10.6 Å². The Morgan fingerprint density at radius 2 is 2.26 bits per heavy atom. The molecule has 2 heterocycles. The summed E-state index contributed by atoms with van der Waals surface area (Å²) >= 11 is 0. The van der Waals surface area contributed by atoms with E-state index in [2.05, 4.69) is 10.3 Å². The van der Waals surface area contributed by atoms with E-state index < -0.39 is 42.4 Å². The molecule has 11 heteroatoms. The largest absolute Gasteiger partial charge is 0.449 e. The number of nitrogens with one attached hydrogen (secondary N) is 1. The summed E-state index contributed by atoms with van der Waals surface area (Å²) in [6.07, 6.45) is -1.69. The van der Waals surface area contributed by atoms with Crippen LogP contribution in [0, 0.1) is 11.3 Å². The summed E-state index contributed by atoms with van der Waals surface area (Å²) in [4.78, 5) is 27.6. The van der Waals surface area contributed by atoms with E-state index in [-0.39, 0.29) is 12.4 Å². The Balaban J connectivity index is 2.16. The molecule has 0 aliphatic carbocycles. The van der Waals surface area contributed by atoms with E-state index in [1.54, 1.807) is 6.07 Å². The molecule has 1 aliphatic heterocycles. The average Bonchev–Trinajstić information content (AvgIpc) is 2.90. The van der Waals surface area contributed by atoms with E-state index in [4.69, 9.17) is 9.47 Å². The number of rotatable bonds is 7. The van der Waals surface area contributed by atoms with E-state index in [0.717, 1.165) is 19.0 Å². The summed E-state index contributed by atoms with van der Waals surface area (Å²) in [5.41, 5.74) is -3.26. The molecule has 1 fully saturated rings. The van der Waals surface area contributed by atoms with Crippen molar-refractivity contribution in [2.75, 3.05) is 18.5 Å². The van der Waals surface area contributed by atoms with Gasteiger partial charge in [-0.3, -0.25) is 9.88 Å². The summed E-state index contributed by atoms with van der Waals surface area (Å²) < 4.78 is 10.9. The summed E-state index contributed by atoms with van der Waals surface area (Å²) in [7, 11) is 0. The number of hydrogen-bond acceptors (Lipinski definition) is 9. The molecule has 2 unspecified atom stereocenters. The fourth-order valence-electron chi connectivity index (χ4n) is 2.68. The molecule has 1 aromatic rings. The standard InChI is InChI=1S/C16H22N4O7/c1-2-3-4-7-26-15(25)19-11-5-6-20(14(24)18-11)16(9-17)13(23)12(22)10(8-21)27-16/h5-6,10,12-13,21-23H,2-4,7-8H2,1H3,(H,18,19,24,25)/t10-,12?,13?,16-/m1/s1. The smallest absolute Gasteiger partial charge is 0.412 e. The molecule has 11 nitrogen and oxygen atoms in total. The van der Waals surface area contributed by atoms with Crippen LogP contribution in [0.3, 0.4) is 0 Å². The fraction of sp³-hybridized carbons (Fsp3) is 0.625. The van der Waals surface area contributed by atoms with E-state index >= 15 is 0 Å². The number of nitrogens with zero attached hydrogens (tertiary/aromatic N) is 3. The number of nitriles is 1. The maximum atomic E-state index is 12.3. The van der Waals surface area contributed by atoms with E-state index in [0.29, 0.717) is 11.0 Å². The van der Waals surface area contributed by atoms with Crippen molar-refractivity contribution in [1.29, 1.82) is 5.26 Å². The van der Waals surface area contributed by atoms with Gasteiger partial charge in [-0.05, 0) is 12.5 Å². The highest BCUT2D eigenvalue weighted by atomic mass is 16.6. The quantitative estimate of drug-likeness (QED) is 0.444. The van der Waals surface area contributed by atoms with Gasteiger partial charge in [0.15, 0.2) is 0 Å². The number of ether oxygens (including phenoxy) is 2. The van der Waals surface area contributed by atoms with Crippen molar-refractivity contribution in [3.8, 4) is 6.07 Å². The Hall–Kier alpha value is -2.52. The molecule has 4 N–H and O–H groups in total. The maximum absolute atomic E-state index is 12.3. The molecule has 0 aromatic carbocycles. The normalized spacial score (nSPS) is 27.1. The van der Waals surface area contributed by atoms with Crippen molar-refractivity contribution in [2.45, 2.75) is 50.2 Å². The predicted molar refractivity (Wildman–Crippen MR) is 90.6 cm³/mol. The van der Waals surface area contributed by atoms with Crippen LogP contribution in [0.1, 0.15) is 26.2 Å². The summed E-state index contributed by atoms with van der Waals surface area (Å²) in [6, 6.07) is 2.86. The van der Waals surface area contributed by atoms with Crippen molar-refractivity contribution < 1.29 is 29.6 Å². The highest BCUT2D eigenvalue weighted by Crippen LogP contribution is 2.34. The molecular formula is C16H22N4O7. The summed E-state index contributed by atoms with van der Waals surface area (Å²) in [5, 5.41) is 40.9. The number of carbonyl (C=O) groups excluding carboxylic acids is 1. The highest BCUT2D eigenvalue weighted by Gasteiger charge is 2.56. The number of aromatic nitrogens is 2. The molecule has 4 atom stereocenters. The van der Waals surface area contributed by atoms with Crippen LogP contribution in [0.5, 0.6) is 0 Å². The number of hydrogen-bond donors (Lipinski definition) is 4. The molecule has 0 bridgehead atoms. The van der Waals surface area contributed by atoms with Gasteiger partial charge in [0.05, 0.1) is 13.2 Å². The van der Waals surface area contributed by atoms with Crippen molar-refractivity contribution in [3.63, 3.8) is 0 Å². The van der Waals surface area contributed by atoms with Gasteiger partial charge in [-0.15, -0.1) is 0 Å². The Labute approximate surface area is 154 Å². The second-order valence-electron chi connectivity index (χ2n) is 6.02. The van der Waals surface area contributed by atoms with Crippen LogP contribution >= 0.6 is 0 Å². The van der Waals surface area contributed by atoms with Crippen LogP contribution in [-0.4, -0.2) is 62.5 Å². The number of aliphatic hydroxyl groups is 3. The third-order valence-electron chi connectivity index (χ3n) is 4.15. The molecule has 0 spiro atoms. The molecule has 148 valence electrons. The minimum atomic E-state index is -2.25. The molecule has 0 saturated carbocycles. The molecule has 27 heavy (non-hydrogen) atoms. The van der Waals surface area contributed by atoms with Gasteiger partial charge in [0.1, 0.15) is 30.2 Å². The lowest BCUT2D eigenvalue weighted by molar-refractivity contribution is -0.109. The number of aliphatic hydroxyl groups excluding tert-OH is 3. The zero-order valence-corrected chi connectivity index (χ0v) is 14.7. The van der Waals surface area contributed by atoms with E-state index in [1.165, 1.54) is 6.07 Å². The topological polar surface area (TPSA) is 167 Å². The monoisotopic (exact) mass is 382 g/mol. The first-order valence-electron chi connectivity index (χ1n) is 8.49. The van der Waals surface area contributed by atoms with Gasteiger partial charge >= 0.3 is 11.8 Å². The van der Waals surface area contributed by atoms with Gasteiger partial charge in [-0.1, -0.05) is 19.8 Å². The fourth-order valence-corrected chi connectivity index (χ4v) is 2.68. The Morgan fingerprint density at radius 3 is 2.81 bits per heavy atom. The van der Waals surface area contributed by atoms with E-state index in [9.17, 15) is 30.2 Å². The minimum Gasteiger partial charge on any atom is -0.449 e. The Morgan fingerprint density at radius 1 is 1.52 bits per heavy atom. The lowest BCUT2D eigenvalue weighted by Crippen LogP contribution is -2.49. The second kappa shape index (κ2) is 8.92. The second-order valence-corrected chi connectivity index (χ2v) is 6.02. The molecular weight excluding hydrogens is 360 g/mol. The first-order valence-corrected chi connectivity index (χ1v) is 8.49. The first kappa shape index (κ1) is 20.8. The minimum absolute atomic E-state index is 0.114. The molecule has 1 aromatic heterocycles. The maximum Gasteiger partial charge on any atom is 0.412 e. The summed E-state index contributed by atoms with van der Waals surface area (Å²) in [5.74, 6) is -0.114. The zero-order chi connectivity index (χ0) is 20.0. The first-order chi connectivity index (χ1) is 12.9. The molecule has 1 amide bonds. The van der Waals surface area contributed by atoms with Gasteiger partial charge in [0.2, 0.25) is 0 Å². The van der Waals surface area contributed by atoms with E-state index in [1.807, 2.05) is 6.92 Å². The molecule has 1 saturated heterocycles. The third kappa shape index (κ3) is 4.25. The third-order valence-corrected chi connectivity index (χ3v) is 4.15. The lowest BCUT2D eigenvalue weighted by Gasteiger charge is -2.26. The summed E-state index contributed by atoms with van der Waals surface area (Å²) in [6.45, 7) is 1.59. The van der Waals surface area contributed by atoms with Gasteiger partial charge in [-0.25, -0.2) is 9.59 Å². The lowest BCUT2D eigenvalue weighted by atomic mass is 10.0. The van der Waals surface area contributed by atoms with Crippen LogP contribution in [0.2, 0.25) is 0 Å². The molecule has 1 aliphatic rings. The average molecular weight is 382 g/mol. The number of amides is 1. The van der Waals surface area contributed by atoms with Crippen LogP contribution in [0.25, 0.3) is 0 Å². The van der Waals surface area contributed by atoms with Crippen LogP contribution < -0.4 is 11.0 Å². The highest BCUT2D eigenvalue weighted by molar-refractivity contribution is 5.83. The number of carbonyl (C=O) groups is 1. The SMILES string of the molecule is CCCCCOC(=O)Nc1ccn([C@]2(C#N)O[C@H](CO)C(O)C2O)c(=O)n1. The predicted octanol–water partition coefficient (Wildman–Crippen LogP) is -0.729. The van der Waals surface area contributed by atoms with Crippen LogP contribution in [-0.2, 0) is 15.2 Å². The van der Waals surface area contributed by atoms with Gasteiger partial charge in [0, 0.05) is 6.20 Å². The van der Waals surface area contributed by atoms with Gasteiger partial charge in [0.25, 0.3) is 5.72 Å². The van der Waals surface area contributed by atoms with Crippen LogP contribution in [0.15, 0.2) is 17.1 Å². The molecule has 0 radical (unpaired) electrons. The van der Waals surface area contributed by atoms with Crippen molar-refractivity contribution in [1.82, 2.24) is 9.55 Å². The molecule has 2 rings (SSSR count). The number of unbranched alkanes of at least 4 members (excludes halogenated alkanes) is 2. The van der Waals surface area contributed by atoms with Crippen molar-refractivity contribution in [3.05, 3.63) is 22.7 Å². The Kier molecular flexibility index (Phi) is 6.86. The van der Waals surface area contributed by atoms with Gasteiger partial charge in [-0.2, -0.15) is 10.2 Å². The zero-order valence-electron chi connectivity index (χ0n) is 14.7. The number of anilines is 1. The van der Waals surface area contributed by atoms with Crippen molar-refractivity contribution >= 4 is 11.9 Å². The Bertz CT molecular complexity index is 762. The van der Waals surface area contributed by atoms with Crippen molar-refractivity contribution in [2.24, 2.45) is 0 Å².